The van der Waals surface area contributed by atoms with Gasteiger partial charge in [-0.25, -0.2) is 4.98 Å². The minimum absolute atomic E-state index is 0.256. The number of hydrogen-bond acceptors (Lipinski definition) is 5. The normalized spacial score (nSPS) is 9.95. The van der Waals surface area contributed by atoms with Crippen molar-refractivity contribution in [2.24, 2.45) is 5.73 Å². The summed E-state index contributed by atoms with van der Waals surface area (Å²) in [6.45, 7) is 0. The molecule has 1 amide bonds. The van der Waals surface area contributed by atoms with E-state index in [2.05, 4.69) is 4.98 Å². The van der Waals surface area contributed by atoms with Gasteiger partial charge in [-0.05, 0) is 24.3 Å². The molecule has 98 valence electrons. The topological polar surface area (TPSA) is 100 Å². The molecule has 0 unspecified atom stereocenters. The van der Waals surface area contributed by atoms with Gasteiger partial charge in [0.25, 0.3) is 0 Å². The van der Waals surface area contributed by atoms with Crippen molar-refractivity contribution in [2.75, 3.05) is 12.8 Å². The van der Waals surface area contributed by atoms with E-state index in [1.807, 2.05) is 0 Å². The van der Waals surface area contributed by atoms with Crippen LogP contribution in [0.15, 0.2) is 36.5 Å². The summed E-state index contributed by atoms with van der Waals surface area (Å²) < 4.78 is 10.6. The Morgan fingerprint density at radius 1 is 1.26 bits per heavy atom. The number of hydrogen-bond donors (Lipinski definition) is 2. The van der Waals surface area contributed by atoms with E-state index in [1.165, 1.54) is 19.2 Å². The molecule has 1 aromatic heterocycles. The first-order valence-electron chi connectivity index (χ1n) is 5.47. The minimum atomic E-state index is -0.572. The van der Waals surface area contributed by atoms with Gasteiger partial charge < -0.3 is 20.9 Å². The molecule has 0 aliphatic rings. The van der Waals surface area contributed by atoms with Gasteiger partial charge in [0.15, 0.2) is 0 Å². The summed E-state index contributed by atoms with van der Waals surface area (Å²) in [6, 6.07) is 8.00. The highest BCUT2D eigenvalue weighted by Gasteiger charge is 2.09. The quantitative estimate of drug-likeness (QED) is 0.867. The number of methoxy groups -OCH3 is 1. The molecule has 6 heteroatoms. The van der Waals surface area contributed by atoms with Crippen LogP contribution in [0.1, 0.15) is 10.4 Å². The third-order valence-corrected chi connectivity index (χ3v) is 2.42. The van der Waals surface area contributed by atoms with Crippen molar-refractivity contribution in [2.45, 2.75) is 0 Å². The second kappa shape index (κ2) is 5.26. The number of anilines is 1. The standard InChI is InChI=1S/C13H13N3O3/c1-18-9-5-8(12(15)17)6-10(7-9)19-13-11(14)3-2-4-16-13/h2-7H,14H2,1H3,(H2,15,17). The van der Waals surface area contributed by atoms with Crippen molar-refractivity contribution in [3.8, 4) is 17.4 Å². The number of primary amides is 1. The molecule has 0 saturated carbocycles. The van der Waals surface area contributed by atoms with Crippen LogP contribution in [0.3, 0.4) is 0 Å². The fraction of sp³-hybridized carbons (Fsp3) is 0.0769. The second-order valence-corrected chi connectivity index (χ2v) is 3.76. The Kier molecular flexibility index (Phi) is 3.51. The van der Waals surface area contributed by atoms with Crippen LogP contribution in [0.2, 0.25) is 0 Å². The maximum absolute atomic E-state index is 11.2. The number of nitrogen functional groups attached to an aromatic ring is 1. The third kappa shape index (κ3) is 2.92. The van der Waals surface area contributed by atoms with Gasteiger partial charge >= 0.3 is 0 Å². The lowest BCUT2D eigenvalue weighted by Gasteiger charge is -2.09. The van der Waals surface area contributed by atoms with E-state index in [1.54, 1.807) is 24.4 Å². The van der Waals surface area contributed by atoms with Crippen LogP contribution < -0.4 is 20.9 Å². The zero-order chi connectivity index (χ0) is 13.8. The van der Waals surface area contributed by atoms with E-state index in [0.29, 0.717) is 17.2 Å². The predicted molar refractivity (Wildman–Crippen MR) is 70.2 cm³/mol. The fourth-order valence-corrected chi connectivity index (χ4v) is 1.49. The first kappa shape index (κ1) is 12.7. The number of amides is 1. The average molecular weight is 259 g/mol. The van der Waals surface area contributed by atoms with Crippen molar-refractivity contribution >= 4 is 11.6 Å². The Balaban J connectivity index is 2.37. The Bertz CT molecular complexity index is 614. The van der Waals surface area contributed by atoms with Crippen LogP contribution in [-0.4, -0.2) is 18.0 Å². The van der Waals surface area contributed by atoms with E-state index < -0.39 is 5.91 Å². The van der Waals surface area contributed by atoms with Gasteiger partial charge in [-0.3, -0.25) is 4.79 Å². The van der Waals surface area contributed by atoms with Gasteiger partial charge in [-0.1, -0.05) is 0 Å². The van der Waals surface area contributed by atoms with Crippen molar-refractivity contribution < 1.29 is 14.3 Å². The lowest BCUT2D eigenvalue weighted by atomic mass is 10.2. The molecule has 2 aromatic rings. The Labute approximate surface area is 110 Å². The Morgan fingerprint density at radius 2 is 2.00 bits per heavy atom. The highest BCUT2D eigenvalue weighted by Crippen LogP contribution is 2.28. The smallest absolute Gasteiger partial charge is 0.248 e. The Morgan fingerprint density at radius 3 is 2.63 bits per heavy atom. The third-order valence-electron chi connectivity index (χ3n) is 2.42. The van der Waals surface area contributed by atoms with Crippen LogP contribution in [-0.2, 0) is 0 Å². The van der Waals surface area contributed by atoms with Gasteiger partial charge in [-0.15, -0.1) is 0 Å². The maximum Gasteiger partial charge on any atom is 0.248 e. The molecule has 1 aromatic carbocycles. The molecule has 0 saturated heterocycles. The number of rotatable bonds is 4. The van der Waals surface area contributed by atoms with Crippen LogP contribution in [0.5, 0.6) is 17.4 Å². The molecular formula is C13H13N3O3. The summed E-state index contributed by atoms with van der Waals surface area (Å²) >= 11 is 0. The molecule has 0 bridgehead atoms. The van der Waals surface area contributed by atoms with E-state index in [0.717, 1.165) is 0 Å². The van der Waals surface area contributed by atoms with Crippen molar-refractivity contribution in [3.63, 3.8) is 0 Å². The summed E-state index contributed by atoms with van der Waals surface area (Å²) in [5.74, 6) is 0.517. The number of carbonyl (C=O) groups is 1. The van der Waals surface area contributed by atoms with Gasteiger partial charge in [-0.2, -0.15) is 0 Å². The van der Waals surface area contributed by atoms with Crippen LogP contribution in [0.4, 0.5) is 5.69 Å². The predicted octanol–water partition coefficient (Wildman–Crippen LogP) is 1.56. The molecule has 0 radical (unpaired) electrons. The first-order valence-corrected chi connectivity index (χ1v) is 5.47. The van der Waals surface area contributed by atoms with Crippen molar-refractivity contribution in [3.05, 3.63) is 42.1 Å². The highest BCUT2D eigenvalue weighted by molar-refractivity contribution is 5.93. The summed E-state index contributed by atoms with van der Waals surface area (Å²) in [7, 11) is 1.49. The lowest BCUT2D eigenvalue weighted by Crippen LogP contribution is -2.11. The molecule has 0 fully saturated rings. The molecule has 0 spiro atoms. The zero-order valence-electron chi connectivity index (χ0n) is 10.3. The van der Waals surface area contributed by atoms with Crippen molar-refractivity contribution in [1.29, 1.82) is 0 Å². The van der Waals surface area contributed by atoms with E-state index in [4.69, 9.17) is 20.9 Å². The Hall–Kier alpha value is -2.76. The van der Waals surface area contributed by atoms with Gasteiger partial charge in [0.05, 0.1) is 12.8 Å². The SMILES string of the molecule is COc1cc(Oc2ncccc2N)cc(C(N)=O)c1. The van der Waals surface area contributed by atoms with E-state index in [-0.39, 0.29) is 11.4 Å². The summed E-state index contributed by atoms with van der Waals surface area (Å²) in [6.07, 6.45) is 1.56. The molecule has 6 nitrogen and oxygen atoms in total. The summed E-state index contributed by atoms with van der Waals surface area (Å²) in [5, 5.41) is 0. The molecular weight excluding hydrogens is 246 g/mol. The number of pyridine rings is 1. The molecule has 1 heterocycles. The highest BCUT2D eigenvalue weighted by atomic mass is 16.5. The average Bonchev–Trinajstić information content (AvgIpc) is 2.41. The van der Waals surface area contributed by atoms with Crippen molar-refractivity contribution in [1.82, 2.24) is 4.98 Å². The molecule has 0 aliphatic heterocycles. The second-order valence-electron chi connectivity index (χ2n) is 3.76. The monoisotopic (exact) mass is 259 g/mol. The molecule has 4 N–H and O–H groups in total. The van der Waals surface area contributed by atoms with Crippen LogP contribution in [0, 0.1) is 0 Å². The maximum atomic E-state index is 11.2. The van der Waals surface area contributed by atoms with Gasteiger partial charge in [0.2, 0.25) is 11.8 Å². The number of nitrogens with zero attached hydrogens (tertiary/aromatic N) is 1. The summed E-state index contributed by atoms with van der Waals surface area (Å²) in [4.78, 5) is 15.2. The minimum Gasteiger partial charge on any atom is -0.497 e. The largest absolute Gasteiger partial charge is 0.497 e. The number of benzene rings is 1. The van der Waals surface area contributed by atoms with E-state index in [9.17, 15) is 4.79 Å². The lowest BCUT2D eigenvalue weighted by molar-refractivity contribution is 0.0999. The molecule has 0 aliphatic carbocycles. The number of aromatic nitrogens is 1. The van der Waals surface area contributed by atoms with Gasteiger partial charge in [0.1, 0.15) is 11.5 Å². The number of carbonyl (C=O) groups excluding carboxylic acids is 1. The summed E-state index contributed by atoms with van der Waals surface area (Å²) in [5.41, 5.74) is 11.6. The van der Waals surface area contributed by atoms with Gasteiger partial charge in [0, 0.05) is 17.8 Å². The van der Waals surface area contributed by atoms with E-state index >= 15 is 0 Å². The molecule has 2 rings (SSSR count). The number of ether oxygens (including phenoxy) is 2. The number of nitrogens with two attached hydrogens (primary N) is 2. The fourth-order valence-electron chi connectivity index (χ4n) is 1.49. The van der Waals surface area contributed by atoms with Crippen LogP contribution in [0.25, 0.3) is 0 Å². The van der Waals surface area contributed by atoms with Crippen LogP contribution >= 0.6 is 0 Å². The first-order chi connectivity index (χ1) is 9.10. The zero-order valence-corrected chi connectivity index (χ0v) is 10.3. The molecule has 0 atom stereocenters. The molecule has 19 heavy (non-hydrogen) atoms.